The van der Waals surface area contributed by atoms with Gasteiger partial charge >= 0.3 is 0 Å². The van der Waals surface area contributed by atoms with Crippen molar-refractivity contribution in [3.8, 4) is 0 Å². The van der Waals surface area contributed by atoms with Gasteiger partial charge in [0.2, 0.25) is 0 Å². The van der Waals surface area contributed by atoms with Gasteiger partial charge in [0, 0.05) is 13.6 Å². The van der Waals surface area contributed by atoms with Crippen molar-refractivity contribution in [2.75, 3.05) is 7.11 Å². The number of hydrogen-bond acceptors (Lipinski definition) is 1. The van der Waals surface area contributed by atoms with Crippen molar-refractivity contribution >= 4 is 13.8 Å². The van der Waals surface area contributed by atoms with Crippen LogP contribution in [0.3, 0.4) is 0 Å². The maximum atomic E-state index is 5.42. The molecule has 1 rings (SSSR count). The number of methoxy groups -OCH3 is 1. The van der Waals surface area contributed by atoms with E-state index in [4.69, 9.17) is 4.74 Å². The van der Waals surface area contributed by atoms with Crippen LogP contribution in [0.5, 0.6) is 0 Å². The number of hydrogen-bond donors (Lipinski definition) is 0. The van der Waals surface area contributed by atoms with E-state index in [9.17, 15) is 0 Å². The van der Waals surface area contributed by atoms with Crippen molar-refractivity contribution in [2.45, 2.75) is 25.7 Å². The average molecular weight is 220 g/mol. The predicted molar refractivity (Wildman–Crippen MR) is 69.6 cm³/mol. The molecular weight excluding hydrogens is 200 g/mol. The van der Waals surface area contributed by atoms with Gasteiger partial charge in [0.15, 0.2) is 0 Å². The van der Waals surface area contributed by atoms with Crippen LogP contribution in [0.4, 0.5) is 0 Å². The van der Waals surface area contributed by atoms with E-state index in [1.54, 1.807) is 7.11 Å². The van der Waals surface area contributed by atoms with Gasteiger partial charge in [-0.1, -0.05) is 50.0 Å². The first-order valence-corrected chi connectivity index (χ1v) is 9.03. The maximum absolute atomic E-state index is 5.42. The topological polar surface area (TPSA) is 9.23 Å². The van der Waals surface area contributed by atoms with Crippen LogP contribution in [0.25, 0.3) is 5.76 Å². The molecule has 0 radical (unpaired) electrons. The summed E-state index contributed by atoms with van der Waals surface area (Å²) in [4.78, 5) is 0. The van der Waals surface area contributed by atoms with Crippen molar-refractivity contribution in [3.05, 3.63) is 42.0 Å². The predicted octanol–water partition coefficient (Wildman–Crippen LogP) is 4.01. The fourth-order valence-electron chi connectivity index (χ4n) is 1.32. The van der Waals surface area contributed by atoms with Crippen molar-refractivity contribution in [1.29, 1.82) is 0 Å². The highest BCUT2D eigenvalue weighted by Gasteiger charge is 2.11. The van der Waals surface area contributed by atoms with Gasteiger partial charge in [0.05, 0.1) is 7.11 Å². The maximum Gasteiger partial charge on any atom is 0.121 e. The molecule has 82 valence electrons. The number of benzene rings is 1. The summed E-state index contributed by atoms with van der Waals surface area (Å²) in [7, 11) is 0.714. The van der Waals surface area contributed by atoms with E-state index in [-0.39, 0.29) is 0 Å². The first kappa shape index (κ1) is 12.0. The molecule has 0 fully saturated rings. The normalized spacial score (nSPS) is 12.7. The van der Waals surface area contributed by atoms with E-state index in [1.807, 2.05) is 18.2 Å². The van der Waals surface area contributed by atoms with Crippen LogP contribution in [0.2, 0.25) is 25.7 Å². The first-order valence-electron chi connectivity index (χ1n) is 5.32. The molecule has 0 saturated carbocycles. The zero-order chi connectivity index (χ0) is 11.3. The summed E-state index contributed by atoms with van der Waals surface area (Å²) in [6.45, 7) is 7.09. The van der Waals surface area contributed by atoms with E-state index in [0.29, 0.717) is 0 Å². The van der Waals surface area contributed by atoms with Gasteiger partial charge in [-0.05, 0) is 12.1 Å². The Morgan fingerprint density at radius 1 is 1.20 bits per heavy atom. The molecular formula is C13H20OSi. The van der Waals surface area contributed by atoms with Crippen LogP contribution in [0.15, 0.2) is 36.4 Å². The molecule has 0 spiro atoms. The van der Waals surface area contributed by atoms with Crippen molar-refractivity contribution in [2.24, 2.45) is 0 Å². The summed E-state index contributed by atoms with van der Waals surface area (Å²) in [6, 6.07) is 11.4. The molecule has 0 aromatic heterocycles. The number of rotatable bonds is 4. The van der Waals surface area contributed by atoms with Crippen molar-refractivity contribution < 1.29 is 4.74 Å². The molecule has 2 heteroatoms. The van der Waals surface area contributed by atoms with Crippen LogP contribution in [-0.2, 0) is 4.74 Å². The zero-order valence-electron chi connectivity index (χ0n) is 10.1. The van der Waals surface area contributed by atoms with Gasteiger partial charge in [-0.2, -0.15) is 0 Å². The Morgan fingerprint density at radius 3 is 2.27 bits per heavy atom. The zero-order valence-corrected chi connectivity index (χ0v) is 11.1. The van der Waals surface area contributed by atoms with Gasteiger partial charge in [-0.25, -0.2) is 0 Å². The first-order chi connectivity index (χ1) is 7.03. The van der Waals surface area contributed by atoms with Gasteiger partial charge in [0.1, 0.15) is 5.76 Å². The standard InChI is InChI=1S/C13H20OSi/c1-14-13(10-11-15(2,3)4)12-8-6-5-7-9-12/h5-10H,11H2,1-4H3/b13-10-. The molecule has 0 N–H and O–H groups in total. The molecule has 15 heavy (non-hydrogen) atoms. The number of ether oxygens (including phenoxy) is 1. The van der Waals surface area contributed by atoms with Gasteiger partial charge < -0.3 is 4.74 Å². The lowest BCUT2D eigenvalue weighted by Crippen LogP contribution is -2.17. The Balaban J connectivity index is 2.81. The van der Waals surface area contributed by atoms with Crippen molar-refractivity contribution in [3.63, 3.8) is 0 Å². The molecule has 0 heterocycles. The SMILES string of the molecule is CO/C(=C\C[Si](C)(C)C)c1ccccc1. The third kappa shape index (κ3) is 4.34. The summed E-state index contributed by atoms with van der Waals surface area (Å²) in [5, 5.41) is 0. The van der Waals surface area contributed by atoms with Crippen LogP contribution in [0, 0.1) is 0 Å². The molecule has 0 aliphatic heterocycles. The Bertz CT molecular complexity index is 322. The summed E-state index contributed by atoms with van der Waals surface area (Å²) in [6.07, 6.45) is 2.22. The Morgan fingerprint density at radius 2 is 1.80 bits per heavy atom. The van der Waals surface area contributed by atoms with Gasteiger partial charge in [-0.3, -0.25) is 0 Å². The fourth-order valence-corrected chi connectivity index (χ4v) is 2.12. The Kier molecular flexibility index (Phi) is 4.15. The van der Waals surface area contributed by atoms with Crippen LogP contribution in [-0.4, -0.2) is 15.2 Å². The highest BCUT2D eigenvalue weighted by Crippen LogP contribution is 2.18. The molecule has 1 nitrogen and oxygen atoms in total. The lowest BCUT2D eigenvalue weighted by Gasteiger charge is -2.14. The van der Waals surface area contributed by atoms with E-state index in [1.165, 1.54) is 5.56 Å². The van der Waals surface area contributed by atoms with E-state index < -0.39 is 8.07 Å². The molecule has 0 unspecified atom stereocenters. The minimum Gasteiger partial charge on any atom is -0.496 e. The molecule has 0 aliphatic rings. The molecule has 0 atom stereocenters. The van der Waals surface area contributed by atoms with Crippen molar-refractivity contribution in [1.82, 2.24) is 0 Å². The third-order valence-corrected chi connectivity index (χ3v) is 3.61. The molecule has 0 bridgehead atoms. The second kappa shape index (κ2) is 5.17. The highest BCUT2D eigenvalue weighted by molar-refractivity contribution is 6.76. The molecule has 0 amide bonds. The van der Waals surface area contributed by atoms with E-state index in [0.717, 1.165) is 11.8 Å². The van der Waals surface area contributed by atoms with Gasteiger partial charge in [-0.15, -0.1) is 0 Å². The van der Waals surface area contributed by atoms with Crippen LogP contribution < -0.4 is 0 Å². The summed E-state index contributed by atoms with van der Waals surface area (Å²) in [5.74, 6) is 0.998. The minimum atomic E-state index is -1.03. The third-order valence-electron chi connectivity index (χ3n) is 2.18. The molecule has 1 aromatic rings. The summed E-state index contributed by atoms with van der Waals surface area (Å²) < 4.78 is 5.42. The lowest BCUT2D eigenvalue weighted by molar-refractivity contribution is 0.369. The second-order valence-electron chi connectivity index (χ2n) is 4.90. The van der Waals surface area contributed by atoms with Gasteiger partial charge in [0.25, 0.3) is 0 Å². The second-order valence-corrected chi connectivity index (χ2v) is 10.4. The van der Waals surface area contributed by atoms with E-state index in [2.05, 4.69) is 37.8 Å². The number of allylic oxidation sites excluding steroid dienone is 1. The van der Waals surface area contributed by atoms with Crippen LogP contribution >= 0.6 is 0 Å². The Hall–Kier alpha value is -1.02. The van der Waals surface area contributed by atoms with Crippen LogP contribution in [0.1, 0.15) is 5.56 Å². The molecule has 0 aliphatic carbocycles. The summed E-state index contributed by atoms with van der Waals surface area (Å²) in [5.41, 5.74) is 1.17. The fraction of sp³-hybridized carbons (Fsp3) is 0.385. The largest absolute Gasteiger partial charge is 0.496 e. The highest BCUT2D eigenvalue weighted by atomic mass is 28.3. The monoisotopic (exact) mass is 220 g/mol. The average Bonchev–Trinajstić information content (AvgIpc) is 2.19. The molecule has 1 aromatic carbocycles. The minimum absolute atomic E-state index is 0.998. The summed E-state index contributed by atoms with van der Waals surface area (Å²) >= 11 is 0. The quantitative estimate of drug-likeness (QED) is 0.550. The molecule has 0 saturated heterocycles. The lowest BCUT2D eigenvalue weighted by atomic mass is 10.2. The van der Waals surface area contributed by atoms with E-state index >= 15 is 0 Å². The Labute approximate surface area is 93.8 Å². The smallest absolute Gasteiger partial charge is 0.121 e.